The van der Waals surface area contributed by atoms with Crippen LogP contribution in [-0.4, -0.2) is 80.4 Å². The zero-order valence-electron chi connectivity index (χ0n) is 11.6. The number of aliphatic carboxylic acids is 1. The standard InChI is InChI=1S/C12H23N3O4/c1-14(5-6-19-2)4-3-13-12(18)15-8-10(9-15)7-11(16)17/h10H,3-9H2,1-2H3,(H,13,18)(H,16,17). The maximum absolute atomic E-state index is 11.7. The minimum Gasteiger partial charge on any atom is -0.481 e. The van der Waals surface area contributed by atoms with Crippen LogP contribution in [0.25, 0.3) is 0 Å². The van der Waals surface area contributed by atoms with Crippen molar-refractivity contribution < 1.29 is 19.4 Å². The van der Waals surface area contributed by atoms with Crippen molar-refractivity contribution in [1.82, 2.24) is 15.1 Å². The van der Waals surface area contributed by atoms with Crippen LogP contribution in [0.15, 0.2) is 0 Å². The molecule has 2 amide bonds. The SMILES string of the molecule is COCCN(C)CCNC(=O)N1CC(CC(=O)O)C1. The molecule has 1 aliphatic heterocycles. The number of methoxy groups -OCH3 is 1. The third-order valence-electron chi connectivity index (χ3n) is 3.15. The number of nitrogens with zero attached hydrogens (tertiary/aromatic N) is 2. The zero-order chi connectivity index (χ0) is 14.3. The maximum Gasteiger partial charge on any atom is 0.317 e. The molecule has 0 bridgehead atoms. The molecule has 0 aliphatic carbocycles. The lowest BCUT2D eigenvalue weighted by molar-refractivity contribution is -0.139. The Morgan fingerprint density at radius 2 is 2.11 bits per heavy atom. The van der Waals surface area contributed by atoms with Crippen molar-refractivity contribution in [3.8, 4) is 0 Å². The molecule has 1 heterocycles. The van der Waals surface area contributed by atoms with Crippen LogP contribution in [0.3, 0.4) is 0 Å². The predicted molar refractivity (Wildman–Crippen MR) is 70.1 cm³/mol. The van der Waals surface area contributed by atoms with Gasteiger partial charge in [-0.3, -0.25) is 4.79 Å². The highest BCUT2D eigenvalue weighted by molar-refractivity contribution is 5.75. The highest BCUT2D eigenvalue weighted by atomic mass is 16.5. The molecule has 0 unspecified atom stereocenters. The number of hydrogen-bond acceptors (Lipinski definition) is 4. The molecule has 1 rings (SSSR count). The molecule has 0 aromatic rings. The Labute approximate surface area is 113 Å². The number of likely N-dealkylation sites (N-methyl/N-ethyl adjacent to an activating group) is 1. The van der Waals surface area contributed by atoms with Crippen molar-refractivity contribution in [2.24, 2.45) is 5.92 Å². The lowest BCUT2D eigenvalue weighted by Crippen LogP contribution is -2.54. The maximum atomic E-state index is 11.7. The van der Waals surface area contributed by atoms with Crippen molar-refractivity contribution in [1.29, 1.82) is 0 Å². The number of amides is 2. The average Bonchev–Trinajstić information content (AvgIpc) is 2.30. The van der Waals surface area contributed by atoms with Crippen LogP contribution in [0.5, 0.6) is 0 Å². The summed E-state index contributed by atoms with van der Waals surface area (Å²) < 4.78 is 4.96. The van der Waals surface area contributed by atoms with E-state index in [0.717, 1.165) is 13.1 Å². The fourth-order valence-electron chi connectivity index (χ4n) is 1.94. The number of urea groups is 1. The minimum atomic E-state index is -0.801. The van der Waals surface area contributed by atoms with Crippen LogP contribution >= 0.6 is 0 Å². The van der Waals surface area contributed by atoms with E-state index < -0.39 is 5.97 Å². The van der Waals surface area contributed by atoms with Crippen molar-refractivity contribution in [2.75, 3.05) is 53.5 Å². The van der Waals surface area contributed by atoms with Gasteiger partial charge in [0.25, 0.3) is 0 Å². The van der Waals surface area contributed by atoms with Crippen LogP contribution in [0.4, 0.5) is 4.79 Å². The molecular formula is C12H23N3O4. The number of carboxylic acid groups (broad SMARTS) is 1. The van der Waals surface area contributed by atoms with Gasteiger partial charge in [0.2, 0.25) is 0 Å². The number of carboxylic acids is 1. The number of ether oxygens (including phenoxy) is 1. The Morgan fingerprint density at radius 3 is 2.68 bits per heavy atom. The van der Waals surface area contributed by atoms with E-state index in [9.17, 15) is 9.59 Å². The fraction of sp³-hybridized carbons (Fsp3) is 0.833. The summed E-state index contributed by atoms with van der Waals surface area (Å²) in [5.74, 6) is -0.697. The summed E-state index contributed by atoms with van der Waals surface area (Å²) in [7, 11) is 3.63. The van der Waals surface area contributed by atoms with Crippen molar-refractivity contribution >= 4 is 12.0 Å². The Balaban J connectivity index is 2.05. The van der Waals surface area contributed by atoms with Gasteiger partial charge in [0, 0.05) is 45.8 Å². The Kier molecular flexibility index (Phi) is 6.58. The first-order valence-electron chi connectivity index (χ1n) is 6.45. The van der Waals surface area contributed by atoms with Crippen LogP contribution in [0.2, 0.25) is 0 Å². The summed E-state index contributed by atoms with van der Waals surface area (Å²) in [5, 5.41) is 11.4. The van der Waals surface area contributed by atoms with E-state index in [2.05, 4.69) is 10.2 Å². The Morgan fingerprint density at radius 1 is 1.42 bits per heavy atom. The lowest BCUT2D eigenvalue weighted by Gasteiger charge is -2.38. The van der Waals surface area contributed by atoms with Gasteiger partial charge in [0.05, 0.1) is 13.0 Å². The normalized spacial score (nSPS) is 15.4. The summed E-state index contributed by atoms with van der Waals surface area (Å²) in [6.07, 6.45) is 0.142. The molecule has 19 heavy (non-hydrogen) atoms. The molecule has 0 spiro atoms. The largest absolute Gasteiger partial charge is 0.481 e. The highest BCUT2D eigenvalue weighted by Gasteiger charge is 2.31. The summed E-state index contributed by atoms with van der Waals surface area (Å²) in [6, 6.07) is -0.109. The van der Waals surface area contributed by atoms with E-state index in [1.165, 1.54) is 0 Å². The van der Waals surface area contributed by atoms with Crippen LogP contribution < -0.4 is 5.32 Å². The first-order valence-corrected chi connectivity index (χ1v) is 6.45. The molecule has 1 aliphatic rings. The molecule has 1 saturated heterocycles. The van der Waals surface area contributed by atoms with Crippen molar-refractivity contribution in [3.63, 3.8) is 0 Å². The second-order valence-electron chi connectivity index (χ2n) is 4.90. The van der Waals surface area contributed by atoms with Gasteiger partial charge >= 0.3 is 12.0 Å². The molecule has 110 valence electrons. The Hall–Kier alpha value is -1.34. The van der Waals surface area contributed by atoms with Crippen molar-refractivity contribution in [2.45, 2.75) is 6.42 Å². The van der Waals surface area contributed by atoms with Gasteiger partial charge < -0.3 is 25.0 Å². The summed E-state index contributed by atoms with van der Waals surface area (Å²) in [4.78, 5) is 25.9. The molecule has 1 fully saturated rings. The van der Waals surface area contributed by atoms with Crippen LogP contribution in [-0.2, 0) is 9.53 Å². The molecule has 0 atom stereocenters. The number of hydrogen-bond donors (Lipinski definition) is 2. The third-order valence-corrected chi connectivity index (χ3v) is 3.15. The molecule has 0 radical (unpaired) electrons. The van der Waals surface area contributed by atoms with Crippen LogP contribution in [0, 0.1) is 5.92 Å². The lowest BCUT2D eigenvalue weighted by atomic mass is 9.97. The number of likely N-dealkylation sites (tertiary alicyclic amines) is 1. The van der Waals surface area contributed by atoms with Gasteiger partial charge in [0.1, 0.15) is 0 Å². The van der Waals surface area contributed by atoms with Gasteiger partial charge in [-0.1, -0.05) is 0 Å². The van der Waals surface area contributed by atoms with Gasteiger partial charge in [0.15, 0.2) is 0 Å². The number of rotatable bonds is 8. The molecule has 0 aromatic heterocycles. The minimum absolute atomic E-state index is 0.104. The Bertz CT molecular complexity index is 305. The summed E-state index contributed by atoms with van der Waals surface area (Å²) >= 11 is 0. The van der Waals surface area contributed by atoms with Crippen LogP contribution in [0.1, 0.15) is 6.42 Å². The smallest absolute Gasteiger partial charge is 0.317 e. The summed E-state index contributed by atoms with van der Waals surface area (Å²) in [6.45, 7) is 3.93. The average molecular weight is 273 g/mol. The van der Waals surface area contributed by atoms with Gasteiger partial charge in [-0.15, -0.1) is 0 Å². The van der Waals surface area contributed by atoms with Gasteiger partial charge in [-0.05, 0) is 7.05 Å². The molecule has 0 aromatic carbocycles. The van der Waals surface area contributed by atoms with E-state index in [4.69, 9.17) is 9.84 Å². The second-order valence-corrected chi connectivity index (χ2v) is 4.90. The molecule has 7 nitrogen and oxygen atoms in total. The number of carbonyl (C=O) groups excluding carboxylic acids is 1. The van der Waals surface area contributed by atoms with E-state index in [1.807, 2.05) is 7.05 Å². The molecule has 0 saturated carbocycles. The monoisotopic (exact) mass is 273 g/mol. The topological polar surface area (TPSA) is 82.1 Å². The van der Waals surface area contributed by atoms with Gasteiger partial charge in [-0.25, -0.2) is 4.79 Å². The van der Waals surface area contributed by atoms with E-state index in [-0.39, 0.29) is 18.4 Å². The van der Waals surface area contributed by atoms with E-state index in [0.29, 0.717) is 26.2 Å². The first kappa shape index (κ1) is 15.7. The van der Waals surface area contributed by atoms with Gasteiger partial charge in [-0.2, -0.15) is 0 Å². The van der Waals surface area contributed by atoms with E-state index in [1.54, 1.807) is 12.0 Å². The zero-order valence-corrected chi connectivity index (χ0v) is 11.6. The molecular weight excluding hydrogens is 250 g/mol. The fourth-order valence-corrected chi connectivity index (χ4v) is 1.94. The number of carbonyl (C=O) groups is 2. The number of nitrogens with one attached hydrogen (secondary N) is 1. The summed E-state index contributed by atoms with van der Waals surface area (Å²) in [5.41, 5.74) is 0. The van der Waals surface area contributed by atoms with Crippen molar-refractivity contribution in [3.05, 3.63) is 0 Å². The predicted octanol–water partition coefficient (Wildman–Crippen LogP) is -0.319. The third kappa shape index (κ3) is 5.89. The molecule has 7 heteroatoms. The molecule has 2 N–H and O–H groups in total. The second kappa shape index (κ2) is 7.96. The first-order chi connectivity index (χ1) is 9.02. The quantitative estimate of drug-likeness (QED) is 0.633. The van der Waals surface area contributed by atoms with E-state index >= 15 is 0 Å². The highest BCUT2D eigenvalue weighted by Crippen LogP contribution is 2.18.